The maximum atomic E-state index is 14.6. The fraction of sp³-hybridized carbons (Fsp3) is 0.333. The molecule has 0 spiro atoms. The first-order valence-electron chi connectivity index (χ1n) is 9.53. The first kappa shape index (κ1) is 21.2. The van der Waals surface area contributed by atoms with Crippen molar-refractivity contribution in [3.63, 3.8) is 0 Å². The van der Waals surface area contributed by atoms with Crippen molar-refractivity contribution in [2.45, 2.75) is 26.3 Å². The quantitative estimate of drug-likeness (QED) is 0.586. The van der Waals surface area contributed by atoms with E-state index < -0.39 is 29.0 Å². The first-order valence-corrected chi connectivity index (χ1v) is 9.53. The molecule has 0 saturated heterocycles. The van der Waals surface area contributed by atoms with Crippen LogP contribution in [0, 0.1) is 18.2 Å². The zero-order valence-corrected chi connectivity index (χ0v) is 16.9. The van der Waals surface area contributed by atoms with Gasteiger partial charge in [0.15, 0.2) is 0 Å². The van der Waals surface area contributed by atoms with Crippen LogP contribution in [0.3, 0.4) is 0 Å². The number of benzene rings is 1. The van der Waals surface area contributed by atoms with Gasteiger partial charge in [0.1, 0.15) is 11.4 Å². The summed E-state index contributed by atoms with van der Waals surface area (Å²) in [5, 5.41) is 2.42. The number of nitrogens with zero attached hydrogens (tertiary/aromatic N) is 2. The highest BCUT2D eigenvalue weighted by molar-refractivity contribution is 6.19. The second-order valence-corrected chi connectivity index (χ2v) is 7.44. The van der Waals surface area contributed by atoms with E-state index in [4.69, 9.17) is 5.73 Å². The van der Waals surface area contributed by atoms with Gasteiger partial charge < -0.3 is 20.9 Å². The number of primary amides is 1. The van der Waals surface area contributed by atoms with Crippen LogP contribution in [-0.2, 0) is 27.3 Å². The summed E-state index contributed by atoms with van der Waals surface area (Å²) in [4.78, 5) is 46.1. The Hall–Kier alpha value is -3.49. The molecule has 0 bridgehead atoms. The number of rotatable bonds is 7. The molecule has 1 aromatic carbocycles. The smallest absolute Gasteiger partial charge is 0.259 e. The molecule has 30 heavy (non-hydrogen) atoms. The van der Waals surface area contributed by atoms with E-state index in [1.165, 1.54) is 24.4 Å². The first-order chi connectivity index (χ1) is 14.3. The van der Waals surface area contributed by atoms with Gasteiger partial charge in [-0.3, -0.25) is 14.4 Å². The molecule has 0 radical (unpaired) electrons. The fourth-order valence-corrected chi connectivity index (χ4v) is 3.63. The van der Waals surface area contributed by atoms with E-state index in [-0.39, 0.29) is 25.1 Å². The second-order valence-electron chi connectivity index (χ2n) is 7.44. The van der Waals surface area contributed by atoms with E-state index >= 15 is 0 Å². The van der Waals surface area contributed by atoms with Gasteiger partial charge in [0.2, 0.25) is 5.91 Å². The normalized spacial score (nSPS) is 18.8. The average Bonchev–Trinajstić information content (AvgIpc) is 3.25. The molecule has 9 heteroatoms. The van der Waals surface area contributed by atoms with Crippen LogP contribution in [0.25, 0.3) is 0 Å². The third-order valence-electron chi connectivity index (χ3n) is 5.40. The number of aromatic nitrogens is 2. The Labute approximate surface area is 173 Å². The highest BCUT2D eigenvalue weighted by Crippen LogP contribution is 2.34. The number of carbonyl (C=O) groups excluding carboxylic acids is 3. The summed E-state index contributed by atoms with van der Waals surface area (Å²) >= 11 is 0. The maximum Gasteiger partial charge on any atom is 0.259 e. The Balaban J connectivity index is 1.99. The van der Waals surface area contributed by atoms with Gasteiger partial charge in [-0.1, -0.05) is 18.2 Å². The molecule has 2 heterocycles. The number of imidazole rings is 1. The molecular formula is C21H24FN5O3. The molecule has 3 amide bonds. The Bertz CT molecular complexity index is 1000. The van der Waals surface area contributed by atoms with Gasteiger partial charge in [-0.05, 0) is 31.4 Å². The number of H-pyrrole nitrogens is 1. The predicted molar refractivity (Wildman–Crippen MR) is 107 cm³/mol. The van der Waals surface area contributed by atoms with Crippen molar-refractivity contribution in [1.82, 2.24) is 20.2 Å². The number of nitrogens with two attached hydrogens (primary N) is 1. The molecule has 1 atom stereocenters. The number of amides is 3. The molecule has 2 aromatic rings. The summed E-state index contributed by atoms with van der Waals surface area (Å²) in [6.07, 6.45) is 5.20. The summed E-state index contributed by atoms with van der Waals surface area (Å²) in [7, 11) is 1.40. The summed E-state index contributed by atoms with van der Waals surface area (Å²) in [6, 6.07) is 4.89. The minimum absolute atomic E-state index is 0.0524. The summed E-state index contributed by atoms with van der Waals surface area (Å²) in [5.41, 5.74) is 5.82. The third kappa shape index (κ3) is 4.10. The number of halogens is 1. The van der Waals surface area contributed by atoms with Gasteiger partial charge in [0.25, 0.3) is 11.8 Å². The van der Waals surface area contributed by atoms with Gasteiger partial charge in [-0.2, -0.15) is 0 Å². The van der Waals surface area contributed by atoms with Crippen LogP contribution in [0.4, 0.5) is 4.39 Å². The molecule has 0 aliphatic carbocycles. The number of aromatic amines is 1. The number of aryl methyl sites for hydroxylation is 2. The Kier molecular flexibility index (Phi) is 6.00. The van der Waals surface area contributed by atoms with Crippen LogP contribution < -0.4 is 11.1 Å². The van der Waals surface area contributed by atoms with Crippen LogP contribution >= 0.6 is 0 Å². The van der Waals surface area contributed by atoms with E-state index in [1.807, 2.05) is 0 Å². The van der Waals surface area contributed by atoms with Crippen LogP contribution in [0.5, 0.6) is 0 Å². The summed E-state index contributed by atoms with van der Waals surface area (Å²) in [5.74, 6) is -2.29. The number of likely N-dealkylation sites (N-methyl/N-ethyl adjacent to an activating group) is 1. The van der Waals surface area contributed by atoms with Gasteiger partial charge in [0.05, 0.1) is 11.7 Å². The molecule has 8 nitrogen and oxygen atoms in total. The largest absolute Gasteiger partial charge is 0.369 e. The van der Waals surface area contributed by atoms with E-state index in [0.717, 1.165) is 5.69 Å². The van der Waals surface area contributed by atoms with Crippen molar-refractivity contribution in [2.75, 3.05) is 13.6 Å². The summed E-state index contributed by atoms with van der Waals surface area (Å²) < 4.78 is 14.6. The minimum Gasteiger partial charge on any atom is -0.369 e. The molecule has 3 rings (SSSR count). The van der Waals surface area contributed by atoms with E-state index in [0.29, 0.717) is 17.5 Å². The Morgan fingerprint density at radius 2 is 2.17 bits per heavy atom. The highest BCUT2D eigenvalue weighted by atomic mass is 19.1. The van der Waals surface area contributed by atoms with Gasteiger partial charge >= 0.3 is 0 Å². The Morgan fingerprint density at radius 1 is 1.40 bits per heavy atom. The molecule has 1 aromatic heterocycles. The molecule has 4 N–H and O–H groups in total. The van der Waals surface area contributed by atoms with Crippen LogP contribution in [0.1, 0.15) is 23.2 Å². The van der Waals surface area contributed by atoms with E-state index in [1.54, 1.807) is 31.3 Å². The highest BCUT2D eigenvalue weighted by Gasteiger charge is 2.44. The minimum atomic E-state index is -1.28. The van der Waals surface area contributed by atoms with Crippen molar-refractivity contribution in [2.24, 2.45) is 11.1 Å². The lowest BCUT2D eigenvalue weighted by molar-refractivity contribution is -0.136. The predicted octanol–water partition coefficient (Wildman–Crippen LogP) is 0.976. The lowest BCUT2D eigenvalue weighted by atomic mass is 9.77. The third-order valence-corrected chi connectivity index (χ3v) is 5.40. The number of hydrogen-bond acceptors (Lipinski definition) is 4. The lowest BCUT2D eigenvalue weighted by Gasteiger charge is -2.38. The van der Waals surface area contributed by atoms with Crippen LogP contribution in [0.2, 0.25) is 0 Å². The average molecular weight is 413 g/mol. The van der Waals surface area contributed by atoms with Gasteiger partial charge in [-0.25, -0.2) is 9.37 Å². The second kappa shape index (κ2) is 8.48. The van der Waals surface area contributed by atoms with Gasteiger partial charge in [0, 0.05) is 37.6 Å². The van der Waals surface area contributed by atoms with Gasteiger partial charge in [-0.15, -0.1) is 0 Å². The molecule has 1 unspecified atom stereocenters. The van der Waals surface area contributed by atoms with Crippen molar-refractivity contribution >= 4 is 17.7 Å². The Morgan fingerprint density at radius 3 is 2.80 bits per heavy atom. The SMILES string of the molecule is CNC(=O)C1=CC(CCc2cnc[nH]2)(C(N)=O)CN(Cc2cccc(C)c2F)C1=O. The summed E-state index contributed by atoms with van der Waals surface area (Å²) in [6.45, 7) is 1.49. The number of hydrogen-bond donors (Lipinski definition) is 3. The zero-order valence-electron chi connectivity index (χ0n) is 16.9. The standard InChI is InChI=1S/C21H24FN5O3/c1-13-4-3-5-14(17(13)22)10-27-11-21(20(23)30,7-6-15-9-25-12-26-15)8-16(19(27)29)18(28)24-2/h3-5,8-9,12H,6-7,10-11H2,1-2H3,(H2,23,30)(H,24,28)(H,25,26). The van der Waals surface area contributed by atoms with Crippen molar-refractivity contribution < 1.29 is 18.8 Å². The topological polar surface area (TPSA) is 121 Å². The number of nitrogens with one attached hydrogen (secondary N) is 2. The van der Waals surface area contributed by atoms with Crippen LogP contribution in [0.15, 0.2) is 42.4 Å². The van der Waals surface area contributed by atoms with E-state index in [2.05, 4.69) is 15.3 Å². The van der Waals surface area contributed by atoms with E-state index in [9.17, 15) is 18.8 Å². The monoisotopic (exact) mass is 413 g/mol. The molecule has 158 valence electrons. The zero-order chi connectivity index (χ0) is 21.9. The molecule has 1 aliphatic rings. The molecule has 0 fully saturated rings. The lowest BCUT2D eigenvalue weighted by Crippen LogP contribution is -2.53. The fourth-order valence-electron chi connectivity index (χ4n) is 3.63. The van der Waals surface area contributed by atoms with Crippen molar-refractivity contribution in [3.05, 3.63) is 65.0 Å². The number of carbonyl (C=O) groups is 3. The van der Waals surface area contributed by atoms with Crippen molar-refractivity contribution in [1.29, 1.82) is 0 Å². The maximum absolute atomic E-state index is 14.6. The van der Waals surface area contributed by atoms with Crippen molar-refractivity contribution in [3.8, 4) is 0 Å². The molecular weight excluding hydrogens is 389 g/mol. The molecule has 0 saturated carbocycles. The van der Waals surface area contributed by atoms with Crippen LogP contribution in [-0.4, -0.2) is 46.2 Å². The molecule has 1 aliphatic heterocycles.